The second-order valence-corrected chi connectivity index (χ2v) is 9.95. The van der Waals surface area contributed by atoms with Crippen molar-refractivity contribution in [3.05, 3.63) is 35.4 Å². The van der Waals surface area contributed by atoms with Crippen molar-refractivity contribution in [2.24, 2.45) is 23.2 Å². The summed E-state index contributed by atoms with van der Waals surface area (Å²) < 4.78 is 0. The minimum Gasteiger partial charge on any atom is -0.340 e. The van der Waals surface area contributed by atoms with Crippen molar-refractivity contribution in [1.29, 1.82) is 0 Å². The fourth-order valence-corrected chi connectivity index (χ4v) is 7.01. The lowest BCUT2D eigenvalue weighted by Crippen LogP contribution is -2.55. The molecule has 1 aliphatic heterocycles. The van der Waals surface area contributed by atoms with Gasteiger partial charge in [-0.05, 0) is 81.3 Å². The second kappa shape index (κ2) is 6.89. The normalized spacial score (nSPS) is 34.4. The van der Waals surface area contributed by atoms with Crippen molar-refractivity contribution < 1.29 is 9.59 Å². The molecular weight excluding hydrogens is 348 g/mol. The van der Waals surface area contributed by atoms with E-state index in [1.807, 2.05) is 36.1 Å². The summed E-state index contributed by atoms with van der Waals surface area (Å²) in [5.74, 6) is 2.91. The molecule has 4 nitrogen and oxygen atoms in total. The maximum atomic E-state index is 13.6. The Kier molecular flexibility index (Phi) is 4.48. The highest BCUT2D eigenvalue weighted by atomic mass is 16.2. The first kappa shape index (κ1) is 18.2. The molecule has 6 rings (SSSR count). The predicted octanol–water partition coefficient (Wildman–Crippen LogP) is 3.89. The molecule has 4 bridgehead atoms. The molecule has 5 fully saturated rings. The van der Waals surface area contributed by atoms with Gasteiger partial charge < -0.3 is 9.80 Å². The van der Waals surface area contributed by atoms with Crippen LogP contribution in [0.15, 0.2) is 24.3 Å². The molecular formula is C24H32N2O2. The minimum absolute atomic E-state index is 0.0655. The number of nitrogens with zero attached hydrogens (tertiary/aromatic N) is 2. The smallest absolute Gasteiger partial charge is 0.254 e. The maximum Gasteiger partial charge on any atom is 0.254 e. The lowest BCUT2D eigenvalue weighted by Gasteiger charge is -2.56. The van der Waals surface area contributed by atoms with Crippen LogP contribution in [-0.4, -0.2) is 47.8 Å². The lowest BCUT2D eigenvalue weighted by molar-refractivity contribution is -0.157. The van der Waals surface area contributed by atoms with E-state index < -0.39 is 0 Å². The highest BCUT2D eigenvalue weighted by Gasteiger charge is 2.55. The number of carbonyl (C=O) groups excluding carboxylic acids is 2. The molecule has 2 amide bonds. The molecule has 150 valence electrons. The van der Waals surface area contributed by atoms with Crippen LogP contribution in [0.1, 0.15) is 60.9 Å². The molecule has 1 saturated heterocycles. The largest absolute Gasteiger partial charge is 0.340 e. The van der Waals surface area contributed by atoms with Crippen molar-refractivity contribution in [1.82, 2.24) is 9.80 Å². The van der Waals surface area contributed by atoms with E-state index >= 15 is 0 Å². The van der Waals surface area contributed by atoms with E-state index in [1.54, 1.807) is 0 Å². The number of rotatable bonds is 2. The van der Waals surface area contributed by atoms with Gasteiger partial charge in [-0.2, -0.15) is 0 Å². The summed E-state index contributed by atoms with van der Waals surface area (Å²) in [6.07, 6.45) is 8.36. The van der Waals surface area contributed by atoms with E-state index in [1.165, 1.54) is 19.3 Å². The van der Waals surface area contributed by atoms with Gasteiger partial charge in [0.15, 0.2) is 0 Å². The summed E-state index contributed by atoms with van der Waals surface area (Å²) in [5.41, 5.74) is 1.76. The molecule has 1 aromatic rings. The highest BCUT2D eigenvalue weighted by Crippen LogP contribution is 2.60. The van der Waals surface area contributed by atoms with E-state index in [9.17, 15) is 9.59 Å². The Balaban J connectivity index is 1.28. The van der Waals surface area contributed by atoms with Crippen LogP contribution in [-0.2, 0) is 4.79 Å². The van der Waals surface area contributed by atoms with Crippen LogP contribution in [0.3, 0.4) is 0 Å². The van der Waals surface area contributed by atoms with E-state index in [2.05, 4.69) is 4.90 Å². The van der Waals surface area contributed by atoms with Gasteiger partial charge in [0.2, 0.25) is 5.91 Å². The summed E-state index contributed by atoms with van der Waals surface area (Å²) in [4.78, 5) is 30.7. The summed E-state index contributed by atoms with van der Waals surface area (Å²) in [6.45, 7) is 4.90. The molecule has 1 heterocycles. The maximum absolute atomic E-state index is 13.6. The van der Waals surface area contributed by atoms with E-state index in [-0.39, 0.29) is 11.3 Å². The number of hydrogen-bond acceptors (Lipinski definition) is 2. The van der Waals surface area contributed by atoms with Gasteiger partial charge in [-0.25, -0.2) is 0 Å². The zero-order valence-corrected chi connectivity index (χ0v) is 17.0. The van der Waals surface area contributed by atoms with E-state index in [0.717, 1.165) is 67.7 Å². The number of amides is 2. The molecule has 0 spiro atoms. The second-order valence-electron chi connectivity index (χ2n) is 9.95. The molecule has 5 aliphatic rings. The molecule has 4 saturated carbocycles. The van der Waals surface area contributed by atoms with Gasteiger partial charge in [-0.15, -0.1) is 0 Å². The number of benzene rings is 1. The number of aryl methyl sites for hydroxylation is 1. The molecule has 4 heteroatoms. The summed E-state index contributed by atoms with van der Waals surface area (Å²) in [5, 5.41) is 0. The van der Waals surface area contributed by atoms with Gasteiger partial charge in [0, 0.05) is 31.7 Å². The average Bonchev–Trinajstić information content (AvgIpc) is 2.92. The van der Waals surface area contributed by atoms with Crippen LogP contribution in [0.2, 0.25) is 0 Å². The topological polar surface area (TPSA) is 40.6 Å². The van der Waals surface area contributed by atoms with Gasteiger partial charge in [0.25, 0.3) is 5.91 Å². The Labute approximate surface area is 168 Å². The Morgan fingerprint density at radius 2 is 1.43 bits per heavy atom. The third kappa shape index (κ3) is 3.05. The first-order valence-electron chi connectivity index (χ1n) is 11.2. The summed E-state index contributed by atoms with van der Waals surface area (Å²) in [7, 11) is 0. The molecule has 0 N–H and O–H groups in total. The Hall–Kier alpha value is -1.84. The van der Waals surface area contributed by atoms with Gasteiger partial charge in [0.1, 0.15) is 0 Å². The van der Waals surface area contributed by atoms with Gasteiger partial charge in [-0.3, -0.25) is 9.59 Å². The van der Waals surface area contributed by atoms with Crippen LogP contribution in [0.4, 0.5) is 0 Å². The molecule has 4 aliphatic carbocycles. The summed E-state index contributed by atoms with van der Waals surface area (Å²) >= 11 is 0. The first-order valence-corrected chi connectivity index (χ1v) is 11.2. The van der Waals surface area contributed by atoms with E-state index in [4.69, 9.17) is 0 Å². The van der Waals surface area contributed by atoms with Crippen molar-refractivity contribution in [3.63, 3.8) is 0 Å². The third-order valence-electron chi connectivity index (χ3n) is 7.94. The zero-order valence-electron chi connectivity index (χ0n) is 17.0. The molecule has 28 heavy (non-hydrogen) atoms. The third-order valence-corrected chi connectivity index (χ3v) is 7.94. The molecule has 0 atom stereocenters. The molecule has 0 radical (unpaired) electrons. The zero-order chi connectivity index (χ0) is 19.3. The van der Waals surface area contributed by atoms with E-state index in [0.29, 0.717) is 19.0 Å². The fourth-order valence-electron chi connectivity index (χ4n) is 7.01. The van der Waals surface area contributed by atoms with Crippen LogP contribution in [0.5, 0.6) is 0 Å². The summed E-state index contributed by atoms with van der Waals surface area (Å²) in [6, 6.07) is 7.82. The predicted molar refractivity (Wildman–Crippen MR) is 109 cm³/mol. The Morgan fingerprint density at radius 3 is 2.07 bits per heavy atom. The first-order chi connectivity index (χ1) is 13.5. The molecule has 0 unspecified atom stereocenters. The highest BCUT2D eigenvalue weighted by molar-refractivity contribution is 5.95. The fraction of sp³-hybridized carbons (Fsp3) is 0.667. The lowest BCUT2D eigenvalue weighted by atomic mass is 9.49. The van der Waals surface area contributed by atoms with Crippen LogP contribution < -0.4 is 0 Å². The van der Waals surface area contributed by atoms with Crippen molar-refractivity contribution in [3.8, 4) is 0 Å². The van der Waals surface area contributed by atoms with Crippen LogP contribution >= 0.6 is 0 Å². The quantitative estimate of drug-likeness (QED) is 0.781. The minimum atomic E-state index is -0.0655. The standard InChI is InChI=1S/C24H32N2O2/c1-17-5-2-3-6-21(17)22(27)25-7-4-8-26(10-9-25)23(28)24-14-18-11-19(15-24)13-20(12-18)16-24/h2-3,5-6,18-20H,4,7-16H2,1H3. The van der Waals surface area contributed by atoms with Gasteiger partial charge in [-0.1, -0.05) is 18.2 Å². The monoisotopic (exact) mass is 380 g/mol. The van der Waals surface area contributed by atoms with Crippen molar-refractivity contribution in [2.45, 2.75) is 51.9 Å². The molecule has 0 aromatic heterocycles. The van der Waals surface area contributed by atoms with Gasteiger partial charge >= 0.3 is 0 Å². The van der Waals surface area contributed by atoms with Crippen LogP contribution in [0.25, 0.3) is 0 Å². The Morgan fingerprint density at radius 1 is 0.857 bits per heavy atom. The average molecular weight is 381 g/mol. The van der Waals surface area contributed by atoms with Gasteiger partial charge in [0.05, 0.1) is 5.41 Å². The van der Waals surface area contributed by atoms with Crippen molar-refractivity contribution in [2.75, 3.05) is 26.2 Å². The van der Waals surface area contributed by atoms with Crippen molar-refractivity contribution >= 4 is 11.8 Å². The number of hydrogen-bond donors (Lipinski definition) is 0. The number of carbonyl (C=O) groups is 2. The molecule has 1 aromatic carbocycles. The SMILES string of the molecule is Cc1ccccc1C(=O)N1CCCN(C(=O)C23CC4CC(CC(C4)C2)C3)CC1. The van der Waals surface area contributed by atoms with Crippen LogP contribution in [0, 0.1) is 30.1 Å². The Bertz CT molecular complexity index is 751.